The summed E-state index contributed by atoms with van der Waals surface area (Å²) in [5.41, 5.74) is 0. The molecule has 33 heavy (non-hydrogen) atoms. The van der Waals surface area contributed by atoms with Crippen molar-refractivity contribution in [1.29, 1.82) is 0 Å². The number of hydrogen-bond acceptors (Lipinski definition) is 9. The summed E-state index contributed by atoms with van der Waals surface area (Å²) < 4.78 is 33.0. The average Bonchev–Trinajstić information content (AvgIpc) is 2.79. The molecule has 0 aliphatic heterocycles. The first kappa shape index (κ1) is 30.9. The first-order valence-corrected chi connectivity index (χ1v) is 17.2. The van der Waals surface area contributed by atoms with Crippen LogP contribution in [0.2, 0.25) is 0 Å². The van der Waals surface area contributed by atoms with E-state index in [4.69, 9.17) is 29.7 Å². The minimum Gasteiger partial charge on any atom is -0.780 e. The Balaban J connectivity index is 0.000000513. The molecule has 2 aromatic rings. The van der Waals surface area contributed by atoms with E-state index in [0.29, 0.717) is 26.4 Å². The summed E-state index contributed by atoms with van der Waals surface area (Å²) in [6, 6.07) is 19.7. The van der Waals surface area contributed by atoms with Gasteiger partial charge in [0.25, 0.3) is 0 Å². The first-order chi connectivity index (χ1) is 15.7. The number of hydrogen-bond donors (Lipinski definition) is 0. The van der Waals surface area contributed by atoms with Crippen molar-refractivity contribution in [3.8, 4) is 0 Å². The zero-order valence-electron chi connectivity index (χ0n) is 19.6. The predicted molar refractivity (Wildman–Crippen MR) is 142 cm³/mol. The van der Waals surface area contributed by atoms with Gasteiger partial charge in [-0.25, -0.2) is 0 Å². The molecule has 0 amide bonds. The van der Waals surface area contributed by atoms with Gasteiger partial charge in [0.2, 0.25) is 0 Å². The van der Waals surface area contributed by atoms with Gasteiger partial charge < -0.3 is 23.0 Å². The molecule has 186 valence electrons. The van der Waals surface area contributed by atoms with Crippen LogP contribution in [0.15, 0.2) is 60.7 Å². The third kappa shape index (κ3) is 10.2. The van der Waals surface area contributed by atoms with E-state index in [9.17, 15) is 4.89 Å². The van der Waals surface area contributed by atoms with Crippen LogP contribution >= 0.6 is 21.2 Å². The van der Waals surface area contributed by atoms with E-state index < -0.39 is 21.2 Å². The van der Waals surface area contributed by atoms with Crippen LogP contribution in [0.3, 0.4) is 0 Å². The maximum atomic E-state index is 10.8. The van der Waals surface area contributed by atoms with Gasteiger partial charge in [0, 0.05) is 0 Å². The monoisotopic (exact) mass is 554 g/mol. The van der Waals surface area contributed by atoms with Gasteiger partial charge in [-0.05, 0) is 63.8 Å². The first-order valence-electron chi connectivity index (χ1n) is 10.5. The molecule has 0 aromatic heterocycles. The zero-order valence-corrected chi connectivity index (χ0v) is 23.9. The maximum Gasteiger partial charge on any atom is 0.367 e. The molecule has 7 nitrogen and oxygen atoms in total. The van der Waals surface area contributed by atoms with Crippen molar-refractivity contribution < 1.29 is 31.8 Å². The second-order valence-corrected chi connectivity index (χ2v) is 14.7. The summed E-state index contributed by atoms with van der Waals surface area (Å²) in [5, 5.41) is 1.87. The van der Waals surface area contributed by atoms with Crippen molar-refractivity contribution in [1.82, 2.24) is 0 Å². The van der Waals surface area contributed by atoms with Gasteiger partial charge in [0.15, 0.2) is 10.6 Å². The van der Waals surface area contributed by atoms with Gasteiger partial charge in [-0.1, -0.05) is 48.2 Å². The van der Waals surface area contributed by atoms with Crippen molar-refractivity contribution in [2.75, 3.05) is 33.5 Å². The predicted octanol–water partition coefficient (Wildman–Crippen LogP) is 5.09. The lowest BCUT2D eigenvalue weighted by Crippen LogP contribution is -2.25. The van der Waals surface area contributed by atoms with E-state index in [2.05, 4.69) is 20.9 Å². The Morgan fingerprint density at radius 1 is 0.697 bits per heavy atom. The average molecular weight is 555 g/mol. The molecule has 0 saturated heterocycles. The van der Waals surface area contributed by atoms with E-state index in [1.54, 1.807) is 21.0 Å². The van der Waals surface area contributed by atoms with Crippen LogP contribution in [-0.2, 0) is 50.5 Å². The summed E-state index contributed by atoms with van der Waals surface area (Å²) in [6.45, 7) is 2.66. The molecule has 0 saturated carbocycles. The van der Waals surface area contributed by atoms with Crippen LogP contribution in [0.25, 0.3) is 0 Å². The molecule has 0 N–H and O–H groups in total. The summed E-state index contributed by atoms with van der Waals surface area (Å²) in [7, 11) is -1.02. The van der Waals surface area contributed by atoms with E-state index in [1.165, 1.54) is 0 Å². The molecule has 0 bridgehead atoms. The van der Waals surface area contributed by atoms with Gasteiger partial charge in [-0.3, -0.25) is 0 Å². The Bertz CT molecular complexity index is 828. The molecule has 0 fully saturated rings. The molecule has 0 aliphatic rings. The van der Waals surface area contributed by atoms with Crippen LogP contribution in [-0.4, -0.2) is 33.5 Å². The zero-order chi connectivity index (χ0) is 24.8. The second kappa shape index (κ2) is 15.8. The molecule has 0 spiro atoms. The third-order valence-corrected chi connectivity index (χ3v) is 12.2. The van der Waals surface area contributed by atoms with Gasteiger partial charge in [0.05, 0.1) is 33.5 Å². The smallest absolute Gasteiger partial charge is 0.367 e. The molecular weight excluding hydrogens is 521 g/mol. The van der Waals surface area contributed by atoms with Crippen LogP contribution in [0.1, 0.15) is 27.7 Å². The van der Waals surface area contributed by atoms with Crippen LogP contribution in [0.4, 0.5) is 0 Å². The Morgan fingerprint density at radius 2 is 1.06 bits per heavy atom. The van der Waals surface area contributed by atoms with Gasteiger partial charge >= 0.3 is 14.4 Å². The van der Waals surface area contributed by atoms with Gasteiger partial charge in [-0.15, -0.1) is 4.31 Å². The van der Waals surface area contributed by atoms with E-state index in [0.717, 1.165) is 10.6 Å². The summed E-state index contributed by atoms with van der Waals surface area (Å²) in [6.07, 6.45) is 0. The van der Waals surface area contributed by atoms with Crippen molar-refractivity contribution in [2.45, 2.75) is 27.7 Å². The van der Waals surface area contributed by atoms with Crippen molar-refractivity contribution in [2.24, 2.45) is 0 Å². The third-order valence-electron chi connectivity index (χ3n) is 3.81. The topological polar surface area (TPSA) is 78.4 Å². The number of rotatable bonds is 13. The van der Waals surface area contributed by atoms with Crippen molar-refractivity contribution >= 4 is 55.4 Å². The molecule has 0 aliphatic carbocycles. The van der Waals surface area contributed by atoms with Gasteiger partial charge in [-0.2, -0.15) is 4.52 Å². The highest BCUT2D eigenvalue weighted by Gasteiger charge is 2.52. The fourth-order valence-corrected chi connectivity index (χ4v) is 10.5. The van der Waals surface area contributed by atoms with E-state index in [1.807, 2.05) is 74.5 Å². The van der Waals surface area contributed by atoms with E-state index >= 15 is 0 Å². The lowest BCUT2D eigenvalue weighted by molar-refractivity contribution is -0.205. The SMILES string of the molecule is CCOP(=S)(OCC)O[P+](OC)(c1ccccc1)c1ccccc1.CCOP([O-])(=S)OCC. The van der Waals surface area contributed by atoms with Crippen LogP contribution in [0.5, 0.6) is 0 Å². The quantitative estimate of drug-likeness (QED) is 0.315. The lowest BCUT2D eigenvalue weighted by atomic mass is 10.4. The normalized spacial score (nSPS) is 12.2. The Hall–Kier alpha value is -0.110. The highest BCUT2D eigenvalue weighted by atomic mass is 32.5. The van der Waals surface area contributed by atoms with Crippen molar-refractivity contribution in [3.05, 3.63) is 60.7 Å². The molecule has 2 rings (SSSR count). The molecule has 2 aromatic carbocycles. The van der Waals surface area contributed by atoms with Crippen LogP contribution in [0, 0.1) is 0 Å². The van der Waals surface area contributed by atoms with E-state index in [-0.39, 0.29) is 0 Å². The molecule has 0 heterocycles. The molecule has 0 unspecified atom stereocenters. The molecular formula is C21H33O7P3S2. The largest absolute Gasteiger partial charge is 0.780 e. The number of benzene rings is 2. The highest BCUT2D eigenvalue weighted by Crippen LogP contribution is 2.70. The Labute approximate surface area is 208 Å². The maximum absolute atomic E-state index is 10.8. The minimum absolute atomic E-state index is 0.334. The summed E-state index contributed by atoms with van der Waals surface area (Å²) >= 11 is 10.1. The van der Waals surface area contributed by atoms with Gasteiger partial charge in [0.1, 0.15) is 6.72 Å². The Kier molecular flexibility index (Phi) is 14.8. The fourth-order valence-electron chi connectivity index (χ4n) is 2.63. The molecule has 0 atom stereocenters. The summed E-state index contributed by atoms with van der Waals surface area (Å²) in [4.78, 5) is 10.8. The van der Waals surface area contributed by atoms with Crippen LogP contribution < -0.4 is 15.5 Å². The second-order valence-electron chi connectivity index (χ2n) is 6.05. The highest BCUT2D eigenvalue weighted by molar-refractivity contribution is 8.10. The lowest BCUT2D eigenvalue weighted by Gasteiger charge is -2.27. The molecule has 0 radical (unpaired) electrons. The standard InChI is InChI=1S/C17H23O4P2S.C4H11O3PS/c1-4-19-23(24,20-5-2)21-22(18-3,16-12-8-6-9-13-16)17-14-10-7-11-15-17;1-3-6-8(5,9)7-4-2/h6-15H,4-5H2,1-3H3;3-4H2,1-2H3,(H,5,9)/q+1;/p-1. The molecule has 12 heteroatoms. The minimum atomic E-state index is -3.11. The Morgan fingerprint density at radius 3 is 1.36 bits per heavy atom. The summed E-state index contributed by atoms with van der Waals surface area (Å²) in [5.74, 6) is 0. The fraction of sp³-hybridized carbons (Fsp3) is 0.429. The van der Waals surface area contributed by atoms with Crippen molar-refractivity contribution in [3.63, 3.8) is 0 Å².